The van der Waals surface area contributed by atoms with Crippen LogP contribution in [-0.4, -0.2) is 18.3 Å². The van der Waals surface area contributed by atoms with Crippen LogP contribution in [0, 0.1) is 5.92 Å². The van der Waals surface area contributed by atoms with Crippen molar-refractivity contribution in [3.05, 3.63) is 65.7 Å². The summed E-state index contributed by atoms with van der Waals surface area (Å²) in [4.78, 5) is 24.5. The highest BCUT2D eigenvalue weighted by Crippen LogP contribution is 2.27. The summed E-state index contributed by atoms with van der Waals surface area (Å²) >= 11 is 0. The first kappa shape index (κ1) is 15.4. The third kappa shape index (κ3) is 3.66. The fraction of sp³-hybridized carbons (Fsp3) is 0.263. The number of hydrogen-bond acceptors (Lipinski definition) is 3. The first-order valence-electron chi connectivity index (χ1n) is 7.81. The number of carbonyl (C=O) groups excluding carboxylic acids is 2. The number of Topliss-reactive ketones (excluding diaryl/α,β-unsaturated/α-hetero) is 1. The molecule has 1 aliphatic rings. The fourth-order valence-corrected chi connectivity index (χ4v) is 2.75. The van der Waals surface area contributed by atoms with E-state index in [0.29, 0.717) is 37.3 Å². The van der Waals surface area contributed by atoms with Gasteiger partial charge in [-0.3, -0.25) is 9.59 Å². The first-order chi connectivity index (χ1) is 11.3. The van der Waals surface area contributed by atoms with E-state index in [2.05, 4.69) is 5.32 Å². The van der Waals surface area contributed by atoms with E-state index in [9.17, 15) is 9.59 Å². The van der Waals surface area contributed by atoms with Gasteiger partial charge in [0.05, 0.1) is 12.3 Å². The SMILES string of the molecule is O=C1Nc2ccccc2C(=O)C1CCCOCc1ccccc1. The van der Waals surface area contributed by atoms with Crippen molar-refractivity contribution in [1.82, 2.24) is 0 Å². The minimum atomic E-state index is -0.606. The molecule has 0 saturated heterocycles. The lowest BCUT2D eigenvalue weighted by Gasteiger charge is -2.23. The lowest BCUT2D eigenvalue weighted by Crippen LogP contribution is -2.35. The van der Waals surface area contributed by atoms with Crippen molar-refractivity contribution in [2.75, 3.05) is 11.9 Å². The van der Waals surface area contributed by atoms with Gasteiger partial charge in [-0.1, -0.05) is 42.5 Å². The zero-order valence-corrected chi connectivity index (χ0v) is 12.8. The maximum atomic E-state index is 12.4. The van der Waals surface area contributed by atoms with E-state index in [1.807, 2.05) is 42.5 Å². The van der Waals surface area contributed by atoms with Crippen LogP contribution in [-0.2, 0) is 16.1 Å². The highest BCUT2D eigenvalue weighted by molar-refractivity contribution is 6.20. The Morgan fingerprint density at radius 2 is 1.70 bits per heavy atom. The van der Waals surface area contributed by atoms with Crippen molar-refractivity contribution in [3.63, 3.8) is 0 Å². The van der Waals surface area contributed by atoms with E-state index < -0.39 is 5.92 Å². The molecule has 4 nitrogen and oxygen atoms in total. The number of ether oxygens (including phenoxy) is 1. The van der Waals surface area contributed by atoms with Crippen LogP contribution in [0.4, 0.5) is 5.69 Å². The second-order valence-electron chi connectivity index (χ2n) is 5.63. The van der Waals surface area contributed by atoms with Crippen molar-refractivity contribution >= 4 is 17.4 Å². The van der Waals surface area contributed by atoms with Crippen LogP contribution in [0.2, 0.25) is 0 Å². The summed E-state index contributed by atoms with van der Waals surface area (Å²) in [5.74, 6) is -0.908. The van der Waals surface area contributed by atoms with Gasteiger partial charge in [0.2, 0.25) is 5.91 Å². The molecule has 1 atom stereocenters. The Kier molecular flexibility index (Phi) is 4.83. The van der Waals surface area contributed by atoms with Crippen LogP contribution in [0.15, 0.2) is 54.6 Å². The van der Waals surface area contributed by atoms with E-state index in [-0.39, 0.29) is 11.7 Å². The Bertz CT molecular complexity index is 697. The molecule has 0 radical (unpaired) electrons. The van der Waals surface area contributed by atoms with Gasteiger partial charge in [0, 0.05) is 12.2 Å². The Morgan fingerprint density at radius 1 is 0.957 bits per heavy atom. The molecular weight excluding hydrogens is 290 g/mol. The Hall–Kier alpha value is -2.46. The largest absolute Gasteiger partial charge is 0.377 e. The summed E-state index contributed by atoms with van der Waals surface area (Å²) in [5, 5.41) is 2.81. The lowest BCUT2D eigenvalue weighted by molar-refractivity contribution is -0.119. The van der Waals surface area contributed by atoms with Crippen molar-refractivity contribution in [3.8, 4) is 0 Å². The normalized spacial score (nSPS) is 16.8. The molecule has 1 unspecified atom stereocenters. The number of fused-ring (bicyclic) bond motifs is 1. The molecule has 1 heterocycles. The highest BCUT2D eigenvalue weighted by atomic mass is 16.5. The zero-order valence-electron chi connectivity index (χ0n) is 12.8. The van der Waals surface area contributed by atoms with Gasteiger partial charge in [-0.2, -0.15) is 0 Å². The van der Waals surface area contributed by atoms with Crippen LogP contribution >= 0.6 is 0 Å². The van der Waals surface area contributed by atoms with Gasteiger partial charge in [0.25, 0.3) is 0 Å². The van der Waals surface area contributed by atoms with Gasteiger partial charge in [-0.05, 0) is 30.5 Å². The molecule has 1 N–H and O–H groups in total. The smallest absolute Gasteiger partial charge is 0.235 e. The van der Waals surface area contributed by atoms with Gasteiger partial charge < -0.3 is 10.1 Å². The topological polar surface area (TPSA) is 55.4 Å². The molecule has 0 spiro atoms. The molecule has 118 valence electrons. The van der Waals surface area contributed by atoms with Crippen molar-refractivity contribution in [2.45, 2.75) is 19.4 Å². The molecule has 3 rings (SSSR count). The van der Waals surface area contributed by atoms with Crippen molar-refractivity contribution in [2.24, 2.45) is 5.92 Å². The fourth-order valence-electron chi connectivity index (χ4n) is 2.75. The number of rotatable bonds is 6. The predicted molar refractivity (Wildman–Crippen MR) is 88.2 cm³/mol. The summed E-state index contributed by atoms with van der Waals surface area (Å²) in [5.41, 5.74) is 2.33. The lowest BCUT2D eigenvalue weighted by atomic mass is 9.88. The molecule has 0 fully saturated rings. The molecule has 2 aromatic rings. The van der Waals surface area contributed by atoms with Crippen molar-refractivity contribution < 1.29 is 14.3 Å². The van der Waals surface area contributed by atoms with Crippen molar-refractivity contribution in [1.29, 1.82) is 0 Å². The Morgan fingerprint density at radius 3 is 2.52 bits per heavy atom. The molecule has 0 saturated carbocycles. The van der Waals surface area contributed by atoms with Gasteiger partial charge in [0.1, 0.15) is 5.92 Å². The molecule has 0 aromatic heterocycles. The molecule has 0 bridgehead atoms. The summed E-state index contributed by atoms with van der Waals surface area (Å²) in [6.07, 6.45) is 1.19. The summed E-state index contributed by atoms with van der Waals surface area (Å²) < 4.78 is 5.61. The number of carbonyl (C=O) groups is 2. The standard InChI is InChI=1S/C19H19NO3/c21-18-15-9-4-5-11-17(15)20-19(22)16(18)10-6-12-23-13-14-7-2-1-3-8-14/h1-5,7-9,11,16H,6,10,12-13H2,(H,20,22). The van der Waals surface area contributed by atoms with Gasteiger partial charge in [-0.15, -0.1) is 0 Å². The van der Waals surface area contributed by atoms with E-state index in [1.165, 1.54) is 0 Å². The summed E-state index contributed by atoms with van der Waals surface area (Å²) in [7, 11) is 0. The molecule has 1 aliphatic heterocycles. The number of hydrogen-bond donors (Lipinski definition) is 1. The molecule has 1 amide bonds. The Balaban J connectivity index is 1.49. The number of para-hydroxylation sites is 1. The predicted octanol–water partition coefficient (Wildman–Crippen LogP) is 3.43. The van der Waals surface area contributed by atoms with Gasteiger partial charge in [-0.25, -0.2) is 0 Å². The second kappa shape index (κ2) is 7.20. The van der Waals surface area contributed by atoms with Gasteiger partial charge >= 0.3 is 0 Å². The van der Waals surface area contributed by atoms with Crippen LogP contribution in [0.25, 0.3) is 0 Å². The van der Waals surface area contributed by atoms with Gasteiger partial charge in [0.15, 0.2) is 5.78 Å². The second-order valence-corrected chi connectivity index (χ2v) is 5.63. The average molecular weight is 309 g/mol. The number of benzene rings is 2. The quantitative estimate of drug-likeness (QED) is 0.657. The molecule has 23 heavy (non-hydrogen) atoms. The third-order valence-corrected chi connectivity index (χ3v) is 3.98. The number of nitrogens with one attached hydrogen (secondary N) is 1. The number of anilines is 1. The van der Waals surface area contributed by atoms with E-state index >= 15 is 0 Å². The van der Waals surface area contributed by atoms with Crippen LogP contribution < -0.4 is 5.32 Å². The molecular formula is C19H19NO3. The minimum absolute atomic E-state index is 0.0904. The summed E-state index contributed by atoms with van der Waals surface area (Å²) in [6, 6.07) is 17.1. The maximum Gasteiger partial charge on any atom is 0.235 e. The molecule has 4 heteroatoms. The highest BCUT2D eigenvalue weighted by Gasteiger charge is 2.33. The van der Waals surface area contributed by atoms with E-state index in [0.717, 1.165) is 5.56 Å². The Labute approximate surface area is 135 Å². The number of ketones is 1. The summed E-state index contributed by atoms with van der Waals surface area (Å²) in [6.45, 7) is 1.09. The van der Waals surface area contributed by atoms with Crippen LogP contribution in [0.1, 0.15) is 28.8 Å². The number of amides is 1. The minimum Gasteiger partial charge on any atom is -0.377 e. The van der Waals surface area contributed by atoms with E-state index in [4.69, 9.17) is 4.74 Å². The third-order valence-electron chi connectivity index (χ3n) is 3.98. The molecule has 0 aliphatic carbocycles. The molecule has 2 aromatic carbocycles. The van der Waals surface area contributed by atoms with E-state index in [1.54, 1.807) is 12.1 Å². The zero-order chi connectivity index (χ0) is 16.1. The first-order valence-corrected chi connectivity index (χ1v) is 7.81. The average Bonchev–Trinajstić information content (AvgIpc) is 2.58. The van der Waals surface area contributed by atoms with Crippen LogP contribution in [0.3, 0.4) is 0 Å². The monoisotopic (exact) mass is 309 g/mol. The maximum absolute atomic E-state index is 12.4. The van der Waals surface area contributed by atoms with Crippen LogP contribution in [0.5, 0.6) is 0 Å².